The largest absolute Gasteiger partial charge is 0.463 e. The number of hydrogen-bond donors (Lipinski definition) is 1. The number of esters is 4. The lowest BCUT2D eigenvalue weighted by atomic mass is 9.98. The van der Waals surface area contributed by atoms with E-state index in [1.807, 2.05) is 0 Å². The Morgan fingerprint density at radius 1 is 0.931 bits per heavy atom. The van der Waals surface area contributed by atoms with Crippen LogP contribution in [0.25, 0.3) is 0 Å². The Hall–Kier alpha value is -3.15. The van der Waals surface area contributed by atoms with E-state index in [1.165, 1.54) is 19.2 Å². The van der Waals surface area contributed by atoms with Crippen LogP contribution in [0.1, 0.15) is 27.7 Å². The number of nitrogens with zero attached hydrogens (tertiary/aromatic N) is 1. The van der Waals surface area contributed by atoms with Crippen LogP contribution >= 0.6 is 0 Å². The molecule has 1 fully saturated rings. The molecule has 0 bridgehead atoms. The minimum atomic E-state index is -1.30. The molecule has 29 heavy (non-hydrogen) atoms. The van der Waals surface area contributed by atoms with Crippen LogP contribution in [0.3, 0.4) is 0 Å². The summed E-state index contributed by atoms with van der Waals surface area (Å²) in [6.45, 7) is 4.27. The number of aromatic nitrogens is 2. The van der Waals surface area contributed by atoms with Crippen molar-refractivity contribution in [3.05, 3.63) is 12.3 Å². The van der Waals surface area contributed by atoms with Gasteiger partial charge in [-0.3, -0.25) is 19.2 Å². The summed E-state index contributed by atoms with van der Waals surface area (Å²) in [5.74, 6) is -2.58. The molecular weight excluding hydrogens is 392 g/mol. The second-order valence-corrected chi connectivity index (χ2v) is 6.11. The fraction of sp³-hybridized carbons (Fsp3) is 0.588. The quantitative estimate of drug-likeness (QED) is 0.469. The first-order chi connectivity index (χ1) is 13.7. The Morgan fingerprint density at radius 2 is 1.52 bits per heavy atom. The Balaban J connectivity index is 2.40. The van der Waals surface area contributed by atoms with Gasteiger partial charge in [-0.05, 0) is 0 Å². The minimum absolute atomic E-state index is 0.172. The van der Waals surface area contributed by atoms with Gasteiger partial charge in [-0.15, -0.1) is 0 Å². The van der Waals surface area contributed by atoms with E-state index in [-0.39, 0.29) is 12.5 Å². The van der Waals surface area contributed by atoms with Gasteiger partial charge in [0.1, 0.15) is 12.7 Å². The van der Waals surface area contributed by atoms with Crippen molar-refractivity contribution in [2.24, 2.45) is 0 Å². The lowest BCUT2D eigenvalue weighted by Gasteiger charge is -2.43. The van der Waals surface area contributed by atoms with E-state index in [2.05, 4.69) is 10.2 Å². The van der Waals surface area contributed by atoms with Crippen LogP contribution in [0, 0.1) is 0 Å². The first kappa shape index (κ1) is 22.1. The third-order valence-corrected chi connectivity index (χ3v) is 3.67. The molecule has 1 aliphatic rings. The summed E-state index contributed by atoms with van der Waals surface area (Å²) in [5.41, 5.74) is 0. The zero-order chi connectivity index (χ0) is 21.6. The molecule has 0 unspecified atom stereocenters. The van der Waals surface area contributed by atoms with Crippen molar-refractivity contribution < 1.29 is 47.6 Å². The molecule has 1 aromatic rings. The molecule has 1 aromatic heterocycles. The molecule has 0 aromatic carbocycles. The van der Waals surface area contributed by atoms with E-state index in [0.29, 0.717) is 0 Å². The fourth-order valence-electron chi connectivity index (χ4n) is 2.72. The summed E-state index contributed by atoms with van der Waals surface area (Å²) >= 11 is 0. The average Bonchev–Trinajstić information content (AvgIpc) is 3.10. The third-order valence-electron chi connectivity index (χ3n) is 3.67. The maximum absolute atomic E-state index is 11.7. The number of aromatic amines is 1. The van der Waals surface area contributed by atoms with Gasteiger partial charge in [-0.1, -0.05) is 0 Å². The van der Waals surface area contributed by atoms with Gasteiger partial charge in [0.25, 0.3) is 0 Å². The standard InChI is InChI=1S/C17H22N2O10/c1-8(20)24-7-12-14(25-9(2)21)15(26-10(3)22)16(27-11(4)23)17(28-12)29-13-5-6-18-19-13/h5-6,12,14-17H,7H2,1-4H3,(H,18,19)/t12-,14-,15+,16-,17+/m1/s1. The number of H-pyrrole nitrogens is 1. The molecule has 1 saturated heterocycles. The maximum atomic E-state index is 11.7. The van der Waals surface area contributed by atoms with Gasteiger partial charge in [0.05, 0.1) is 6.20 Å². The van der Waals surface area contributed by atoms with Crippen LogP contribution in [0.15, 0.2) is 12.3 Å². The number of ether oxygens (including phenoxy) is 6. The molecule has 0 saturated carbocycles. The molecule has 12 nitrogen and oxygen atoms in total. The zero-order valence-electron chi connectivity index (χ0n) is 16.3. The van der Waals surface area contributed by atoms with Gasteiger partial charge in [-0.25, -0.2) is 5.10 Å². The highest BCUT2D eigenvalue weighted by Gasteiger charge is 2.53. The fourth-order valence-corrected chi connectivity index (χ4v) is 2.72. The monoisotopic (exact) mass is 414 g/mol. The summed E-state index contributed by atoms with van der Waals surface area (Å²) in [5, 5.41) is 6.29. The molecular formula is C17H22N2O10. The number of hydrogen-bond acceptors (Lipinski definition) is 11. The summed E-state index contributed by atoms with van der Waals surface area (Å²) in [7, 11) is 0. The maximum Gasteiger partial charge on any atom is 0.303 e. The summed E-state index contributed by atoms with van der Waals surface area (Å²) in [6, 6.07) is 1.48. The Labute approximate surface area is 165 Å². The highest BCUT2D eigenvalue weighted by Crippen LogP contribution is 2.30. The van der Waals surface area contributed by atoms with Crippen molar-refractivity contribution in [3.63, 3.8) is 0 Å². The molecule has 0 amide bonds. The molecule has 0 radical (unpaired) electrons. The van der Waals surface area contributed by atoms with Crippen molar-refractivity contribution in [1.29, 1.82) is 0 Å². The van der Waals surface area contributed by atoms with Crippen molar-refractivity contribution in [3.8, 4) is 5.88 Å². The van der Waals surface area contributed by atoms with Gasteiger partial charge in [0.2, 0.25) is 18.3 Å². The van der Waals surface area contributed by atoms with E-state index in [0.717, 1.165) is 20.8 Å². The van der Waals surface area contributed by atoms with Crippen molar-refractivity contribution in [2.45, 2.75) is 58.4 Å². The zero-order valence-corrected chi connectivity index (χ0v) is 16.3. The van der Waals surface area contributed by atoms with E-state index >= 15 is 0 Å². The smallest absolute Gasteiger partial charge is 0.303 e. The number of rotatable bonds is 7. The van der Waals surface area contributed by atoms with Crippen molar-refractivity contribution in [1.82, 2.24) is 10.2 Å². The van der Waals surface area contributed by atoms with E-state index < -0.39 is 54.6 Å². The highest BCUT2D eigenvalue weighted by molar-refractivity contribution is 5.68. The SMILES string of the molecule is CC(=O)OC[C@H]1O[C@@H](Oc2ccn[nH]2)[C@H](OC(C)=O)[C@@H](OC(C)=O)[C@@H]1OC(C)=O. The predicted molar refractivity (Wildman–Crippen MR) is 91.2 cm³/mol. The molecule has 12 heteroatoms. The molecule has 0 aliphatic carbocycles. The number of nitrogens with one attached hydrogen (secondary N) is 1. The Morgan fingerprint density at radius 3 is 2.03 bits per heavy atom. The first-order valence-electron chi connectivity index (χ1n) is 8.64. The van der Waals surface area contributed by atoms with Crippen LogP contribution in [0.2, 0.25) is 0 Å². The van der Waals surface area contributed by atoms with Gasteiger partial charge in [0.15, 0.2) is 12.2 Å². The van der Waals surface area contributed by atoms with E-state index in [4.69, 9.17) is 28.4 Å². The molecule has 0 spiro atoms. The predicted octanol–water partition coefficient (Wildman–Crippen LogP) is -0.128. The van der Waals surface area contributed by atoms with Crippen LogP contribution in [-0.4, -0.2) is 71.4 Å². The topological polar surface area (TPSA) is 152 Å². The highest BCUT2D eigenvalue weighted by atomic mass is 16.7. The van der Waals surface area contributed by atoms with Gasteiger partial charge in [0, 0.05) is 33.8 Å². The van der Waals surface area contributed by atoms with Crippen LogP contribution in [0.4, 0.5) is 0 Å². The van der Waals surface area contributed by atoms with Gasteiger partial charge in [-0.2, -0.15) is 5.10 Å². The number of carbonyl (C=O) groups is 4. The third kappa shape index (κ3) is 6.45. The summed E-state index contributed by atoms with van der Waals surface area (Å²) < 4.78 is 32.1. The minimum Gasteiger partial charge on any atom is -0.463 e. The van der Waals surface area contributed by atoms with Crippen LogP contribution in [-0.2, 0) is 42.9 Å². The van der Waals surface area contributed by atoms with Crippen molar-refractivity contribution >= 4 is 23.9 Å². The van der Waals surface area contributed by atoms with Gasteiger partial charge < -0.3 is 28.4 Å². The second kappa shape index (κ2) is 9.87. The Kier molecular flexibility index (Phi) is 7.53. The molecule has 2 heterocycles. The molecule has 1 aliphatic heterocycles. The first-order valence-corrected chi connectivity index (χ1v) is 8.64. The van der Waals surface area contributed by atoms with Crippen LogP contribution in [0.5, 0.6) is 5.88 Å². The molecule has 5 atom stereocenters. The Bertz CT molecular complexity index is 735. The second-order valence-electron chi connectivity index (χ2n) is 6.11. The van der Waals surface area contributed by atoms with E-state index in [9.17, 15) is 19.2 Å². The van der Waals surface area contributed by atoms with E-state index in [1.54, 1.807) is 0 Å². The normalized spacial score (nSPS) is 26.1. The average molecular weight is 414 g/mol. The summed E-state index contributed by atoms with van der Waals surface area (Å²) in [4.78, 5) is 46.2. The lowest BCUT2D eigenvalue weighted by Crippen LogP contribution is -2.63. The number of carbonyl (C=O) groups excluding carboxylic acids is 4. The van der Waals surface area contributed by atoms with Gasteiger partial charge >= 0.3 is 23.9 Å². The molecule has 160 valence electrons. The summed E-state index contributed by atoms with van der Waals surface area (Å²) in [6.07, 6.45) is -4.77. The molecule has 1 N–H and O–H groups in total. The van der Waals surface area contributed by atoms with Crippen molar-refractivity contribution in [2.75, 3.05) is 6.61 Å². The van der Waals surface area contributed by atoms with Crippen LogP contribution < -0.4 is 4.74 Å². The molecule has 2 rings (SSSR count). The lowest BCUT2D eigenvalue weighted by molar-refractivity contribution is -0.289.